The molecule has 0 saturated carbocycles. The van der Waals surface area contributed by atoms with Gasteiger partial charge in [-0.3, -0.25) is 0 Å². The lowest BCUT2D eigenvalue weighted by Crippen LogP contribution is -1.73. The zero-order valence-electron chi connectivity index (χ0n) is 7.48. The Morgan fingerprint density at radius 3 is 2.50 bits per heavy atom. The topological polar surface area (TPSA) is 0 Å². The van der Waals surface area contributed by atoms with Crippen molar-refractivity contribution in [2.24, 2.45) is 0 Å². The van der Waals surface area contributed by atoms with E-state index in [0.29, 0.717) is 0 Å². The maximum atomic E-state index is 6.17. The van der Waals surface area contributed by atoms with Crippen molar-refractivity contribution in [1.82, 2.24) is 0 Å². The molecule has 2 rings (SSSR count). The van der Waals surface area contributed by atoms with E-state index in [1.807, 2.05) is 47.9 Å². The van der Waals surface area contributed by atoms with Crippen molar-refractivity contribution in [3.63, 3.8) is 0 Å². The SMILES string of the molecule is Cl/C(=C\c1cccs1)c1ccccc1. The monoisotopic (exact) mass is 220 g/mol. The van der Waals surface area contributed by atoms with Crippen LogP contribution in [-0.2, 0) is 0 Å². The third kappa shape index (κ3) is 2.25. The molecule has 0 aliphatic carbocycles. The summed E-state index contributed by atoms with van der Waals surface area (Å²) < 4.78 is 0. The fraction of sp³-hybridized carbons (Fsp3) is 0. The van der Waals surface area contributed by atoms with E-state index in [2.05, 4.69) is 6.07 Å². The first-order valence-corrected chi connectivity index (χ1v) is 5.58. The summed E-state index contributed by atoms with van der Waals surface area (Å²) in [6.07, 6.45) is 1.99. The zero-order chi connectivity index (χ0) is 9.80. The fourth-order valence-corrected chi connectivity index (χ4v) is 2.14. The summed E-state index contributed by atoms with van der Waals surface area (Å²) in [6, 6.07) is 14.0. The van der Waals surface area contributed by atoms with E-state index in [4.69, 9.17) is 11.6 Å². The predicted molar refractivity (Wildman–Crippen MR) is 64.5 cm³/mol. The molecule has 0 atom stereocenters. The number of thiophene rings is 1. The average molecular weight is 221 g/mol. The maximum absolute atomic E-state index is 6.17. The smallest absolute Gasteiger partial charge is 0.0492 e. The summed E-state index contributed by atoms with van der Waals surface area (Å²) in [5, 5.41) is 2.83. The largest absolute Gasteiger partial charge is 0.144 e. The fourth-order valence-electron chi connectivity index (χ4n) is 1.18. The molecule has 0 spiro atoms. The quantitative estimate of drug-likeness (QED) is 0.700. The summed E-state index contributed by atoms with van der Waals surface area (Å²) in [5.74, 6) is 0. The number of hydrogen-bond donors (Lipinski definition) is 0. The van der Waals surface area contributed by atoms with Crippen LogP contribution in [-0.4, -0.2) is 0 Å². The molecule has 0 fully saturated rings. The third-order valence-electron chi connectivity index (χ3n) is 1.86. The normalized spacial score (nSPS) is 11.6. The molecule has 14 heavy (non-hydrogen) atoms. The first-order chi connectivity index (χ1) is 6.86. The third-order valence-corrected chi connectivity index (χ3v) is 3.01. The lowest BCUT2D eigenvalue weighted by atomic mass is 10.2. The summed E-state index contributed by atoms with van der Waals surface area (Å²) in [4.78, 5) is 1.18. The minimum Gasteiger partial charge on any atom is -0.144 e. The van der Waals surface area contributed by atoms with Gasteiger partial charge in [-0.15, -0.1) is 11.3 Å². The van der Waals surface area contributed by atoms with Crippen molar-refractivity contribution in [2.75, 3.05) is 0 Å². The van der Waals surface area contributed by atoms with Crippen LogP contribution in [0.25, 0.3) is 11.1 Å². The zero-order valence-corrected chi connectivity index (χ0v) is 9.05. The molecule has 0 bridgehead atoms. The van der Waals surface area contributed by atoms with Crippen LogP contribution < -0.4 is 0 Å². The second-order valence-electron chi connectivity index (χ2n) is 2.87. The lowest BCUT2D eigenvalue weighted by molar-refractivity contribution is 1.66. The highest BCUT2D eigenvalue weighted by atomic mass is 35.5. The predicted octanol–water partition coefficient (Wildman–Crippen LogP) is 4.49. The van der Waals surface area contributed by atoms with Gasteiger partial charge in [0.25, 0.3) is 0 Å². The van der Waals surface area contributed by atoms with Gasteiger partial charge >= 0.3 is 0 Å². The molecule has 0 saturated heterocycles. The Labute approximate surface area is 92.5 Å². The van der Waals surface area contributed by atoms with E-state index in [9.17, 15) is 0 Å². The molecular formula is C12H9ClS. The Bertz CT molecular complexity index is 415. The molecular weight excluding hydrogens is 212 g/mol. The Morgan fingerprint density at radius 2 is 1.86 bits per heavy atom. The van der Waals surface area contributed by atoms with Crippen LogP contribution in [0, 0.1) is 0 Å². The summed E-state index contributed by atoms with van der Waals surface area (Å²) in [6.45, 7) is 0. The molecule has 0 aliphatic rings. The van der Waals surface area contributed by atoms with E-state index in [-0.39, 0.29) is 0 Å². The molecule has 0 aliphatic heterocycles. The second-order valence-corrected chi connectivity index (χ2v) is 4.26. The Kier molecular flexibility index (Phi) is 3.02. The lowest BCUT2D eigenvalue weighted by Gasteiger charge is -1.96. The van der Waals surface area contributed by atoms with Crippen molar-refractivity contribution < 1.29 is 0 Å². The van der Waals surface area contributed by atoms with Crippen LogP contribution in [0.2, 0.25) is 0 Å². The van der Waals surface area contributed by atoms with Gasteiger partial charge in [0.15, 0.2) is 0 Å². The van der Waals surface area contributed by atoms with Crippen LogP contribution in [0.5, 0.6) is 0 Å². The van der Waals surface area contributed by atoms with Crippen molar-refractivity contribution in [3.05, 3.63) is 58.3 Å². The number of hydrogen-bond acceptors (Lipinski definition) is 1. The molecule has 2 aromatic rings. The molecule has 1 aromatic carbocycles. The van der Waals surface area contributed by atoms with Crippen molar-refractivity contribution >= 4 is 34.0 Å². The number of rotatable bonds is 2. The van der Waals surface area contributed by atoms with Crippen LogP contribution in [0.1, 0.15) is 10.4 Å². The van der Waals surface area contributed by atoms with Gasteiger partial charge in [0.1, 0.15) is 0 Å². The second kappa shape index (κ2) is 4.45. The molecule has 70 valence electrons. The van der Waals surface area contributed by atoms with Gasteiger partial charge in [-0.05, 0) is 23.1 Å². The maximum Gasteiger partial charge on any atom is 0.0492 e. The Balaban J connectivity index is 2.29. The van der Waals surface area contributed by atoms with Crippen molar-refractivity contribution in [2.45, 2.75) is 0 Å². The number of benzene rings is 1. The van der Waals surface area contributed by atoms with Crippen LogP contribution in [0.3, 0.4) is 0 Å². The first-order valence-electron chi connectivity index (χ1n) is 4.32. The van der Waals surface area contributed by atoms with Crippen LogP contribution >= 0.6 is 22.9 Å². The molecule has 0 unspecified atom stereocenters. The Hall–Kier alpha value is -1.05. The molecule has 2 heteroatoms. The molecule has 0 radical (unpaired) electrons. The minimum absolute atomic E-state index is 0.785. The Morgan fingerprint density at radius 1 is 1.07 bits per heavy atom. The molecule has 0 N–H and O–H groups in total. The van der Waals surface area contributed by atoms with Crippen molar-refractivity contribution in [3.8, 4) is 0 Å². The minimum atomic E-state index is 0.785. The summed E-state index contributed by atoms with van der Waals surface area (Å²) in [7, 11) is 0. The van der Waals surface area contributed by atoms with Gasteiger partial charge in [0.2, 0.25) is 0 Å². The average Bonchev–Trinajstić information content (AvgIpc) is 2.72. The highest BCUT2D eigenvalue weighted by Crippen LogP contribution is 2.23. The van der Waals surface area contributed by atoms with E-state index < -0.39 is 0 Å². The molecule has 0 amide bonds. The van der Waals surface area contributed by atoms with E-state index in [1.165, 1.54) is 4.88 Å². The van der Waals surface area contributed by atoms with Gasteiger partial charge in [-0.1, -0.05) is 48.0 Å². The molecule has 1 aromatic heterocycles. The van der Waals surface area contributed by atoms with Gasteiger partial charge in [-0.25, -0.2) is 0 Å². The van der Waals surface area contributed by atoms with Gasteiger partial charge in [0.05, 0.1) is 0 Å². The highest BCUT2D eigenvalue weighted by Gasteiger charge is 1.96. The standard InChI is InChI=1S/C12H9ClS/c13-12(9-11-7-4-8-14-11)10-5-2-1-3-6-10/h1-9H/b12-9-. The summed E-state index contributed by atoms with van der Waals surface area (Å²) in [5.41, 5.74) is 1.06. The van der Waals surface area contributed by atoms with Gasteiger partial charge in [-0.2, -0.15) is 0 Å². The number of halogens is 1. The van der Waals surface area contributed by atoms with E-state index in [0.717, 1.165) is 10.6 Å². The van der Waals surface area contributed by atoms with Crippen molar-refractivity contribution in [1.29, 1.82) is 0 Å². The highest BCUT2D eigenvalue weighted by molar-refractivity contribution is 7.11. The summed E-state index contributed by atoms with van der Waals surface area (Å²) >= 11 is 7.85. The van der Waals surface area contributed by atoms with Gasteiger partial charge < -0.3 is 0 Å². The molecule has 0 nitrogen and oxygen atoms in total. The van der Waals surface area contributed by atoms with E-state index in [1.54, 1.807) is 11.3 Å². The van der Waals surface area contributed by atoms with E-state index >= 15 is 0 Å². The van der Waals surface area contributed by atoms with Crippen LogP contribution in [0.15, 0.2) is 47.8 Å². The van der Waals surface area contributed by atoms with Gasteiger partial charge in [0, 0.05) is 9.91 Å². The first kappa shape index (κ1) is 9.50. The molecule has 1 heterocycles. The van der Waals surface area contributed by atoms with Crippen LogP contribution in [0.4, 0.5) is 0 Å².